The van der Waals surface area contributed by atoms with Crippen LogP contribution in [0.15, 0.2) is 0 Å². The van der Waals surface area contributed by atoms with Gasteiger partial charge in [0.05, 0.1) is 0 Å². The van der Waals surface area contributed by atoms with Gasteiger partial charge in [-0.2, -0.15) is 0 Å². The fourth-order valence-corrected chi connectivity index (χ4v) is 5.79. The Kier molecular flexibility index (Phi) is 10.1. The van der Waals surface area contributed by atoms with Crippen molar-refractivity contribution in [3.8, 4) is 0 Å². The number of hydrogen-bond acceptors (Lipinski definition) is 18. The molecule has 2 rings (SSSR count). The second kappa shape index (κ2) is 11.9. The van der Waals surface area contributed by atoms with Crippen molar-refractivity contribution in [1.82, 2.24) is 0 Å². The van der Waals surface area contributed by atoms with Crippen LogP contribution in [0.25, 0.3) is 0 Å². The maximum absolute atomic E-state index is 13.6. The van der Waals surface area contributed by atoms with E-state index in [0.29, 0.717) is 41.5 Å². The van der Waals surface area contributed by atoms with Crippen molar-refractivity contribution in [2.45, 2.75) is 120 Å². The molecule has 0 aromatic rings. The van der Waals surface area contributed by atoms with Gasteiger partial charge in [0.15, 0.2) is 64.3 Å². The minimum absolute atomic E-state index is 0.459. The number of aliphatic hydroxyl groups excluding tert-OH is 4. The molecule has 2 aliphatic rings. The molecule has 44 heavy (non-hydrogen) atoms. The monoisotopic (exact) mass is 636 g/mol. The van der Waals surface area contributed by atoms with Gasteiger partial charge in [0.1, 0.15) is 30.5 Å². The zero-order chi connectivity index (χ0) is 34.7. The molecule has 18 nitrogen and oxygen atoms in total. The SMILES string of the molecule is CC(=O)C(O)[C@H]1O[C@@H](O[C@]2(C(C)=O)[C@@H](C(O)C(C)=O)O[C@H](O)[C@@](O)(C(C)=O)[C@]2(O)C(C)=O)[C@@](O)(C(C)=O)[C@](O)(C(C)=O)[C@H]1O. The van der Waals surface area contributed by atoms with Gasteiger partial charge in [0.2, 0.25) is 16.8 Å². The maximum atomic E-state index is 13.6. The highest BCUT2D eigenvalue weighted by molar-refractivity contribution is 6.06. The Hall–Kier alpha value is -2.75. The number of rotatable bonds is 11. The van der Waals surface area contributed by atoms with Crippen LogP contribution in [0.3, 0.4) is 0 Å². The molecule has 0 aromatic heterocycles. The first-order chi connectivity index (χ1) is 19.8. The third-order valence-corrected chi connectivity index (χ3v) is 8.43. The van der Waals surface area contributed by atoms with Gasteiger partial charge < -0.3 is 55.1 Å². The minimum Gasteiger partial charge on any atom is -0.387 e. The van der Waals surface area contributed by atoms with E-state index in [-0.39, 0.29) is 0 Å². The largest absolute Gasteiger partial charge is 0.387 e. The highest BCUT2D eigenvalue weighted by atomic mass is 16.7. The van der Waals surface area contributed by atoms with E-state index in [1.165, 1.54) is 0 Å². The Bertz CT molecular complexity index is 1280. The molecule has 2 aliphatic heterocycles. The van der Waals surface area contributed by atoms with Crippen LogP contribution in [-0.4, -0.2) is 152 Å². The molecule has 0 aromatic carbocycles. The van der Waals surface area contributed by atoms with Gasteiger partial charge in [0.25, 0.3) is 0 Å². The Balaban J connectivity index is 3.19. The van der Waals surface area contributed by atoms with Crippen molar-refractivity contribution in [1.29, 1.82) is 0 Å². The molecule has 2 saturated heterocycles. The van der Waals surface area contributed by atoms with E-state index in [9.17, 15) is 74.4 Å². The van der Waals surface area contributed by atoms with E-state index in [4.69, 9.17) is 14.2 Å². The van der Waals surface area contributed by atoms with Crippen molar-refractivity contribution in [3.63, 3.8) is 0 Å². The molecule has 0 saturated carbocycles. The highest BCUT2D eigenvalue weighted by Gasteiger charge is 2.82. The lowest BCUT2D eigenvalue weighted by Crippen LogP contribution is -2.89. The molecule has 0 radical (unpaired) electrons. The topological polar surface area (TPSA) is 309 Å². The van der Waals surface area contributed by atoms with E-state index in [1.54, 1.807) is 0 Å². The third-order valence-electron chi connectivity index (χ3n) is 8.43. The van der Waals surface area contributed by atoms with Crippen molar-refractivity contribution >= 4 is 40.5 Å². The summed E-state index contributed by atoms with van der Waals surface area (Å²) in [6, 6.07) is 0. The van der Waals surface area contributed by atoms with Gasteiger partial charge >= 0.3 is 0 Å². The fraction of sp³-hybridized carbons (Fsp3) is 0.731. The summed E-state index contributed by atoms with van der Waals surface area (Å²) in [5, 5.41) is 89.1. The Morgan fingerprint density at radius 1 is 0.614 bits per heavy atom. The van der Waals surface area contributed by atoms with E-state index < -0.39 is 112 Å². The van der Waals surface area contributed by atoms with Crippen LogP contribution >= 0.6 is 0 Å². The summed E-state index contributed by atoms with van der Waals surface area (Å²) in [6.07, 6.45) is -19.4. The number of hydrogen-bond donors (Lipinski definition) is 8. The Labute approximate surface area is 249 Å². The van der Waals surface area contributed by atoms with Crippen molar-refractivity contribution in [3.05, 3.63) is 0 Å². The van der Waals surface area contributed by atoms with Crippen LogP contribution in [0.5, 0.6) is 0 Å². The Morgan fingerprint density at radius 2 is 1.05 bits per heavy atom. The van der Waals surface area contributed by atoms with Gasteiger partial charge in [-0.1, -0.05) is 0 Å². The summed E-state index contributed by atoms with van der Waals surface area (Å²) in [4.78, 5) is 89.6. The van der Waals surface area contributed by atoms with E-state index in [0.717, 1.165) is 6.92 Å². The highest BCUT2D eigenvalue weighted by Crippen LogP contribution is 2.52. The van der Waals surface area contributed by atoms with E-state index in [2.05, 4.69) is 0 Å². The van der Waals surface area contributed by atoms with Gasteiger partial charge in [0, 0.05) is 0 Å². The van der Waals surface area contributed by atoms with Crippen molar-refractivity contribution in [2.75, 3.05) is 0 Å². The van der Waals surface area contributed by atoms with Crippen LogP contribution in [0.2, 0.25) is 0 Å². The van der Waals surface area contributed by atoms with Crippen LogP contribution < -0.4 is 0 Å². The normalized spacial score (nSPS) is 42.1. The first-order valence-electron chi connectivity index (χ1n) is 13.0. The summed E-state index contributed by atoms with van der Waals surface area (Å²) in [5.74, 6) is -11.0. The average Bonchev–Trinajstić information content (AvgIpc) is 2.91. The second-order valence-corrected chi connectivity index (χ2v) is 11.0. The molecule has 8 N–H and O–H groups in total. The van der Waals surface area contributed by atoms with E-state index in [1.807, 2.05) is 0 Å². The number of ketones is 7. The minimum atomic E-state index is -4.11. The first kappa shape index (κ1) is 37.4. The second-order valence-electron chi connectivity index (χ2n) is 11.0. The van der Waals surface area contributed by atoms with Crippen molar-refractivity contribution < 1.29 is 88.6 Å². The summed E-state index contributed by atoms with van der Waals surface area (Å²) >= 11 is 0. The number of carbonyl (C=O) groups is 7. The molecule has 0 aliphatic carbocycles. The molecule has 12 atom stereocenters. The smallest absolute Gasteiger partial charge is 0.213 e. The average molecular weight is 637 g/mol. The summed E-state index contributed by atoms with van der Waals surface area (Å²) in [6.45, 7) is 3.95. The summed E-state index contributed by atoms with van der Waals surface area (Å²) in [7, 11) is 0. The number of Topliss-reactive ketones (excluding diaryl/α,β-unsaturated/α-hetero) is 7. The van der Waals surface area contributed by atoms with Crippen LogP contribution in [0.4, 0.5) is 0 Å². The molecule has 0 amide bonds. The zero-order valence-corrected chi connectivity index (χ0v) is 24.7. The number of aliphatic hydroxyl groups is 8. The molecular weight excluding hydrogens is 600 g/mol. The molecule has 2 unspecified atom stereocenters. The van der Waals surface area contributed by atoms with Crippen LogP contribution in [0.1, 0.15) is 48.5 Å². The molecule has 0 spiro atoms. The standard InChI is InChI=1S/C26H36O18/c1-8(27)15(34)17-18(36)22(38,10(3)29)24(40,12(5)31)21(42-17)44-25(13(6)32)19(16(35)9(2)28)43-20(37)23(39,11(4)30)26(25,41)14(7)33/h15-21,34-41H,1-7H3/t15?,16?,17-,18+,19-,20+,21+,22+,23+,24+,25-,26-/m1/s1. The molecule has 18 heteroatoms. The lowest BCUT2D eigenvalue weighted by atomic mass is 9.59. The van der Waals surface area contributed by atoms with Crippen LogP contribution in [0, 0.1) is 0 Å². The molecule has 2 heterocycles. The molecular formula is C26H36O18. The number of ether oxygens (including phenoxy) is 3. The van der Waals surface area contributed by atoms with Gasteiger partial charge in [-0.05, 0) is 48.5 Å². The van der Waals surface area contributed by atoms with Gasteiger partial charge in [-0.15, -0.1) is 0 Å². The Morgan fingerprint density at radius 3 is 1.39 bits per heavy atom. The summed E-state index contributed by atoms with van der Waals surface area (Å²) in [5.41, 5.74) is -19.5. The molecule has 248 valence electrons. The first-order valence-corrected chi connectivity index (χ1v) is 13.0. The molecule has 0 bridgehead atoms. The quantitative estimate of drug-likeness (QED) is 0.105. The third kappa shape index (κ3) is 4.64. The molecule has 2 fully saturated rings. The van der Waals surface area contributed by atoms with Gasteiger partial charge in [-0.3, -0.25) is 33.6 Å². The number of carbonyl (C=O) groups excluding carboxylic acids is 7. The van der Waals surface area contributed by atoms with Crippen molar-refractivity contribution in [2.24, 2.45) is 0 Å². The summed E-state index contributed by atoms with van der Waals surface area (Å²) < 4.78 is 15.9. The fourth-order valence-electron chi connectivity index (χ4n) is 5.79. The zero-order valence-electron chi connectivity index (χ0n) is 24.7. The van der Waals surface area contributed by atoms with E-state index >= 15 is 0 Å². The lowest BCUT2D eigenvalue weighted by molar-refractivity contribution is -0.421. The predicted octanol–water partition coefficient (Wildman–Crippen LogP) is -5.69. The maximum Gasteiger partial charge on any atom is 0.213 e. The predicted molar refractivity (Wildman–Crippen MR) is 136 cm³/mol. The van der Waals surface area contributed by atoms with Crippen LogP contribution in [-0.2, 0) is 47.8 Å². The van der Waals surface area contributed by atoms with Gasteiger partial charge in [-0.25, -0.2) is 0 Å². The lowest BCUT2D eigenvalue weighted by Gasteiger charge is -2.61.